The molecule has 0 bridgehead atoms. The summed E-state index contributed by atoms with van der Waals surface area (Å²) in [6.45, 7) is 5.10. The Kier molecular flexibility index (Phi) is 3.64. The first-order valence-electron chi connectivity index (χ1n) is 7.68. The van der Waals surface area contributed by atoms with E-state index >= 15 is 0 Å². The molecular weight excluding hydrogens is 328 g/mol. The van der Waals surface area contributed by atoms with Gasteiger partial charge >= 0.3 is 0 Å². The lowest BCUT2D eigenvalue weighted by molar-refractivity contribution is 0.0791. The Balaban J connectivity index is 1.47. The number of hydrogen-bond donors (Lipinski definition) is 0. The zero-order valence-electron chi connectivity index (χ0n) is 13.3. The lowest BCUT2D eigenvalue weighted by atomic mass is 10.3. The van der Waals surface area contributed by atoms with Gasteiger partial charge in [-0.2, -0.15) is 4.98 Å². The van der Waals surface area contributed by atoms with Crippen LogP contribution in [0.15, 0.2) is 22.9 Å². The fourth-order valence-corrected chi connectivity index (χ4v) is 3.64. The smallest absolute Gasteiger partial charge is 0.280 e. The first-order valence-corrected chi connectivity index (χ1v) is 8.50. The Labute approximate surface area is 142 Å². The number of carbonyl (C=O) groups excluding carboxylic acids is 1. The number of rotatable bonds is 3. The molecular formula is C15H16N6O2S. The van der Waals surface area contributed by atoms with E-state index in [0.717, 1.165) is 22.7 Å². The second-order valence-electron chi connectivity index (χ2n) is 5.83. The number of carbonyl (C=O) groups is 1. The molecule has 1 aliphatic rings. The third-order valence-corrected chi connectivity index (χ3v) is 5.02. The van der Waals surface area contributed by atoms with Crippen LogP contribution < -0.4 is 0 Å². The lowest BCUT2D eigenvalue weighted by Crippen LogP contribution is -2.28. The number of nitrogens with zero attached hydrogens (tertiary/aromatic N) is 6. The molecule has 1 aliphatic heterocycles. The highest BCUT2D eigenvalue weighted by Gasteiger charge is 2.29. The first-order chi connectivity index (χ1) is 11.6. The van der Waals surface area contributed by atoms with Gasteiger partial charge in [-0.15, -0.1) is 16.4 Å². The molecule has 3 aromatic heterocycles. The summed E-state index contributed by atoms with van der Waals surface area (Å²) in [5.74, 6) is 1.01. The van der Waals surface area contributed by atoms with Crippen molar-refractivity contribution in [2.24, 2.45) is 0 Å². The van der Waals surface area contributed by atoms with Crippen LogP contribution in [0.2, 0.25) is 0 Å². The summed E-state index contributed by atoms with van der Waals surface area (Å²) in [6.07, 6.45) is 2.64. The third-order valence-electron chi connectivity index (χ3n) is 4.03. The van der Waals surface area contributed by atoms with Crippen molar-refractivity contribution >= 4 is 17.2 Å². The molecule has 1 saturated heterocycles. The fourth-order valence-electron chi connectivity index (χ4n) is 2.80. The van der Waals surface area contributed by atoms with Crippen LogP contribution in [0.4, 0.5) is 0 Å². The molecule has 8 nitrogen and oxygen atoms in total. The van der Waals surface area contributed by atoms with E-state index in [1.807, 2.05) is 24.0 Å². The van der Waals surface area contributed by atoms with Gasteiger partial charge in [0.05, 0.1) is 17.1 Å². The molecule has 0 aliphatic carbocycles. The zero-order valence-corrected chi connectivity index (χ0v) is 14.2. The topological polar surface area (TPSA) is 89.9 Å². The van der Waals surface area contributed by atoms with Crippen LogP contribution in [-0.2, 0) is 0 Å². The predicted molar refractivity (Wildman–Crippen MR) is 86.7 cm³/mol. The maximum atomic E-state index is 12.5. The number of amides is 1. The van der Waals surface area contributed by atoms with Crippen LogP contribution >= 0.6 is 11.3 Å². The predicted octanol–water partition coefficient (Wildman–Crippen LogP) is 2.09. The number of likely N-dealkylation sites (tertiary alicyclic amines) is 1. The standard InChI is InChI=1S/C15H16N6O2S/c1-9-3-4-13(24-9)15(22)20-6-5-11(7-20)21-8-12(17-19-21)14-16-10(2)18-23-14/h3-4,8,11H,5-7H2,1-2H3/t11-/m1/s1. The number of aryl methyl sites for hydroxylation is 2. The summed E-state index contributed by atoms with van der Waals surface area (Å²) < 4.78 is 6.89. The summed E-state index contributed by atoms with van der Waals surface area (Å²) in [5.41, 5.74) is 0.550. The monoisotopic (exact) mass is 344 g/mol. The van der Waals surface area contributed by atoms with E-state index in [9.17, 15) is 4.79 Å². The number of hydrogen-bond acceptors (Lipinski definition) is 7. The van der Waals surface area contributed by atoms with Gasteiger partial charge in [-0.05, 0) is 32.4 Å². The molecule has 4 rings (SSSR count). The van der Waals surface area contributed by atoms with Gasteiger partial charge in [0.25, 0.3) is 11.8 Å². The minimum Gasteiger partial charge on any atom is -0.336 e. The van der Waals surface area contributed by atoms with Gasteiger partial charge in [0, 0.05) is 18.0 Å². The summed E-state index contributed by atoms with van der Waals surface area (Å²) in [6, 6.07) is 3.98. The quantitative estimate of drug-likeness (QED) is 0.723. The Bertz CT molecular complexity index is 882. The zero-order chi connectivity index (χ0) is 16.7. The summed E-state index contributed by atoms with van der Waals surface area (Å²) in [4.78, 5) is 20.5. The first kappa shape index (κ1) is 15.0. The van der Waals surface area contributed by atoms with Crippen molar-refractivity contribution in [3.05, 3.63) is 33.9 Å². The van der Waals surface area contributed by atoms with Crippen LogP contribution in [0, 0.1) is 13.8 Å². The van der Waals surface area contributed by atoms with Crippen molar-refractivity contribution in [3.63, 3.8) is 0 Å². The van der Waals surface area contributed by atoms with Crippen LogP contribution in [0.25, 0.3) is 11.6 Å². The van der Waals surface area contributed by atoms with Gasteiger partial charge in [0.15, 0.2) is 11.5 Å². The van der Waals surface area contributed by atoms with Crippen molar-refractivity contribution in [1.82, 2.24) is 30.0 Å². The molecule has 0 unspecified atom stereocenters. The summed E-state index contributed by atoms with van der Waals surface area (Å²) in [5, 5.41) is 12.0. The third kappa shape index (κ3) is 2.71. The van der Waals surface area contributed by atoms with Crippen molar-refractivity contribution in [3.8, 4) is 11.6 Å². The van der Waals surface area contributed by atoms with Crippen LogP contribution in [-0.4, -0.2) is 49.0 Å². The number of thiophene rings is 1. The molecule has 0 N–H and O–H groups in total. The van der Waals surface area contributed by atoms with Crippen molar-refractivity contribution < 1.29 is 9.32 Å². The van der Waals surface area contributed by atoms with Gasteiger partial charge in [0.2, 0.25) is 0 Å². The Morgan fingerprint density at radius 2 is 2.25 bits per heavy atom. The Morgan fingerprint density at radius 1 is 1.38 bits per heavy atom. The van der Waals surface area contributed by atoms with Gasteiger partial charge in [-0.25, -0.2) is 4.68 Å². The maximum absolute atomic E-state index is 12.5. The minimum atomic E-state index is 0.0865. The minimum absolute atomic E-state index is 0.0865. The highest BCUT2D eigenvalue weighted by Crippen LogP contribution is 2.26. The van der Waals surface area contributed by atoms with Crippen molar-refractivity contribution in [2.75, 3.05) is 13.1 Å². The summed E-state index contributed by atoms with van der Waals surface area (Å²) >= 11 is 1.53. The fraction of sp³-hybridized carbons (Fsp3) is 0.400. The van der Waals surface area contributed by atoms with Gasteiger partial charge in [0.1, 0.15) is 0 Å². The maximum Gasteiger partial charge on any atom is 0.280 e. The molecule has 1 amide bonds. The molecule has 124 valence electrons. The molecule has 0 radical (unpaired) electrons. The van der Waals surface area contributed by atoms with Gasteiger partial charge < -0.3 is 9.42 Å². The van der Waals surface area contributed by atoms with Crippen LogP contribution in [0.5, 0.6) is 0 Å². The van der Waals surface area contributed by atoms with Crippen molar-refractivity contribution in [1.29, 1.82) is 0 Å². The number of aromatic nitrogens is 5. The SMILES string of the molecule is Cc1noc(-c2cn([C@@H]3CCN(C(=O)c4ccc(C)s4)C3)nn2)n1. The van der Waals surface area contributed by atoms with Crippen LogP contribution in [0.3, 0.4) is 0 Å². The van der Waals surface area contributed by atoms with E-state index in [4.69, 9.17) is 4.52 Å². The lowest BCUT2D eigenvalue weighted by Gasteiger charge is -2.15. The molecule has 1 fully saturated rings. The molecule has 24 heavy (non-hydrogen) atoms. The van der Waals surface area contributed by atoms with E-state index in [-0.39, 0.29) is 11.9 Å². The average molecular weight is 344 g/mol. The molecule has 0 aromatic carbocycles. The molecule has 9 heteroatoms. The van der Waals surface area contributed by atoms with Gasteiger partial charge in [-0.1, -0.05) is 10.4 Å². The Morgan fingerprint density at radius 3 is 2.96 bits per heavy atom. The average Bonchev–Trinajstić information content (AvgIpc) is 3.33. The van der Waals surface area contributed by atoms with E-state index in [2.05, 4.69) is 20.5 Å². The van der Waals surface area contributed by atoms with Crippen LogP contribution in [0.1, 0.15) is 32.8 Å². The second kappa shape index (κ2) is 5.82. The van der Waals surface area contributed by atoms with Gasteiger partial charge in [-0.3, -0.25) is 4.79 Å². The molecule has 3 aromatic rings. The Hall–Kier alpha value is -2.55. The van der Waals surface area contributed by atoms with E-state index in [1.54, 1.807) is 17.8 Å². The summed E-state index contributed by atoms with van der Waals surface area (Å²) in [7, 11) is 0. The van der Waals surface area contributed by atoms with E-state index in [0.29, 0.717) is 24.0 Å². The molecule has 1 atom stereocenters. The van der Waals surface area contributed by atoms with E-state index < -0.39 is 0 Å². The second-order valence-corrected chi connectivity index (χ2v) is 7.12. The molecule has 0 saturated carbocycles. The van der Waals surface area contributed by atoms with E-state index in [1.165, 1.54) is 11.3 Å². The highest BCUT2D eigenvalue weighted by atomic mass is 32.1. The molecule has 4 heterocycles. The molecule has 0 spiro atoms. The normalized spacial score (nSPS) is 17.6. The largest absolute Gasteiger partial charge is 0.336 e. The van der Waals surface area contributed by atoms with Crippen molar-refractivity contribution in [2.45, 2.75) is 26.3 Å². The highest BCUT2D eigenvalue weighted by molar-refractivity contribution is 7.13.